The number of carbonyl (C=O) groups is 2. The molecule has 0 atom stereocenters. The normalized spacial score (nSPS) is 10.2. The first-order valence-corrected chi connectivity index (χ1v) is 7.47. The van der Waals surface area contributed by atoms with Crippen LogP contribution in [0.3, 0.4) is 0 Å². The van der Waals surface area contributed by atoms with Crippen LogP contribution in [0, 0.1) is 6.92 Å². The Morgan fingerprint density at radius 3 is 2.48 bits per heavy atom. The maximum absolute atomic E-state index is 11.7. The van der Waals surface area contributed by atoms with E-state index in [0.29, 0.717) is 17.9 Å². The maximum atomic E-state index is 11.7. The number of ether oxygens (including phenoxy) is 1. The van der Waals surface area contributed by atoms with Crippen LogP contribution < -0.4 is 10.1 Å². The van der Waals surface area contributed by atoms with Gasteiger partial charge >= 0.3 is 0 Å². The summed E-state index contributed by atoms with van der Waals surface area (Å²) in [7, 11) is 0. The topological polar surface area (TPSA) is 55.4 Å². The van der Waals surface area contributed by atoms with Gasteiger partial charge in [-0.2, -0.15) is 0 Å². The third-order valence-corrected chi connectivity index (χ3v) is 4.07. The van der Waals surface area contributed by atoms with Gasteiger partial charge in [0, 0.05) is 10.4 Å². The predicted molar refractivity (Wildman–Crippen MR) is 82.8 cm³/mol. The van der Waals surface area contributed by atoms with Gasteiger partial charge in [-0.1, -0.05) is 0 Å². The maximum Gasteiger partial charge on any atom is 0.258 e. The molecule has 1 aromatic heterocycles. The standard InChI is InChI=1S/C16H17NO3S/c1-11-7-8-21-15(11)9-17-16(19)10-20-14-5-3-13(4-6-14)12(2)18/h3-8H,9-10H2,1-2H3,(H,17,19). The number of ketones is 1. The highest BCUT2D eigenvalue weighted by Crippen LogP contribution is 2.15. The van der Waals surface area contributed by atoms with Crippen molar-refractivity contribution >= 4 is 23.0 Å². The second kappa shape index (κ2) is 7.04. The molecule has 0 bridgehead atoms. The lowest BCUT2D eigenvalue weighted by Gasteiger charge is -2.07. The first-order valence-electron chi connectivity index (χ1n) is 6.59. The molecule has 21 heavy (non-hydrogen) atoms. The molecule has 1 aromatic carbocycles. The second-order valence-corrected chi connectivity index (χ2v) is 5.67. The van der Waals surface area contributed by atoms with Crippen molar-refractivity contribution in [3.8, 4) is 5.75 Å². The summed E-state index contributed by atoms with van der Waals surface area (Å²) in [5.74, 6) is 0.409. The molecule has 2 aromatic rings. The molecular formula is C16H17NO3S. The van der Waals surface area contributed by atoms with Crippen LogP contribution in [0.1, 0.15) is 27.7 Å². The zero-order chi connectivity index (χ0) is 15.2. The molecule has 2 rings (SSSR count). The van der Waals surface area contributed by atoms with Crippen molar-refractivity contribution in [3.63, 3.8) is 0 Å². The number of hydrogen-bond donors (Lipinski definition) is 1. The highest BCUT2D eigenvalue weighted by atomic mass is 32.1. The Labute approximate surface area is 127 Å². The van der Waals surface area contributed by atoms with Crippen LogP contribution in [0.15, 0.2) is 35.7 Å². The van der Waals surface area contributed by atoms with Crippen molar-refractivity contribution in [2.45, 2.75) is 20.4 Å². The molecule has 5 heteroatoms. The van der Waals surface area contributed by atoms with Gasteiger partial charge in [0.05, 0.1) is 6.54 Å². The van der Waals surface area contributed by atoms with Crippen LogP contribution in [-0.2, 0) is 11.3 Å². The largest absolute Gasteiger partial charge is 0.484 e. The van der Waals surface area contributed by atoms with Gasteiger partial charge in [0.2, 0.25) is 0 Å². The fourth-order valence-corrected chi connectivity index (χ4v) is 2.60. The minimum absolute atomic E-state index is 0.00520. The summed E-state index contributed by atoms with van der Waals surface area (Å²) in [6.45, 7) is 4.01. The van der Waals surface area contributed by atoms with Crippen molar-refractivity contribution in [3.05, 3.63) is 51.7 Å². The van der Waals surface area contributed by atoms with Crippen LogP contribution in [-0.4, -0.2) is 18.3 Å². The van der Waals surface area contributed by atoms with Crippen LogP contribution in [0.4, 0.5) is 0 Å². The zero-order valence-electron chi connectivity index (χ0n) is 12.0. The minimum atomic E-state index is -0.168. The van der Waals surface area contributed by atoms with Crippen molar-refractivity contribution in [2.24, 2.45) is 0 Å². The third kappa shape index (κ3) is 4.43. The summed E-state index contributed by atoms with van der Waals surface area (Å²) < 4.78 is 5.38. The van der Waals surface area contributed by atoms with Crippen LogP contribution in [0.5, 0.6) is 5.75 Å². The van der Waals surface area contributed by atoms with Crippen molar-refractivity contribution in [1.82, 2.24) is 5.32 Å². The van der Waals surface area contributed by atoms with Gasteiger partial charge in [0.1, 0.15) is 5.75 Å². The Balaban J connectivity index is 1.78. The summed E-state index contributed by atoms with van der Waals surface area (Å²) in [5.41, 5.74) is 1.81. The van der Waals surface area contributed by atoms with Gasteiger partial charge < -0.3 is 10.1 Å². The Morgan fingerprint density at radius 2 is 1.90 bits per heavy atom. The van der Waals surface area contributed by atoms with Crippen LogP contribution in [0.25, 0.3) is 0 Å². The molecule has 110 valence electrons. The monoisotopic (exact) mass is 303 g/mol. The second-order valence-electron chi connectivity index (χ2n) is 4.67. The molecule has 0 aliphatic heterocycles. The van der Waals surface area contributed by atoms with Crippen molar-refractivity contribution in [2.75, 3.05) is 6.61 Å². The van der Waals surface area contributed by atoms with E-state index in [2.05, 4.69) is 5.32 Å². The van der Waals surface area contributed by atoms with E-state index in [-0.39, 0.29) is 18.3 Å². The molecule has 4 nitrogen and oxygen atoms in total. The molecule has 0 saturated heterocycles. The highest BCUT2D eigenvalue weighted by molar-refractivity contribution is 7.10. The number of rotatable bonds is 6. The number of thiophene rings is 1. The third-order valence-electron chi connectivity index (χ3n) is 3.05. The Hall–Kier alpha value is -2.14. The van der Waals surface area contributed by atoms with E-state index >= 15 is 0 Å². The fraction of sp³-hybridized carbons (Fsp3) is 0.250. The summed E-state index contributed by atoms with van der Waals surface area (Å²) in [4.78, 5) is 24.0. The SMILES string of the molecule is CC(=O)c1ccc(OCC(=O)NCc2sccc2C)cc1. The number of nitrogens with one attached hydrogen (secondary N) is 1. The van der Waals surface area contributed by atoms with E-state index in [9.17, 15) is 9.59 Å². The van der Waals surface area contributed by atoms with Crippen molar-refractivity contribution in [1.29, 1.82) is 0 Å². The average molecular weight is 303 g/mol. The number of Topliss-reactive ketones (excluding diaryl/α,β-unsaturated/α-hetero) is 1. The Kier molecular flexibility index (Phi) is 5.11. The lowest BCUT2D eigenvalue weighted by Crippen LogP contribution is -2.28. The van der Waals surface area contributed by atoms with E-state index < -0.39 is 0 Å². The van der Waals surface area contributed by atoms with E-state index in [1.165, 1.54) is 12.5 Å². The van der Waals surface area contributed by atoms with Gasteiger partial charge in [-0.05, 0) is 55.1 Å². The lowest BCUT2D eigenvalue weighted by molar-refractivity contribution is -0.123. The summed E-state index contributed by atoms with van der Waals surface area (Å²) in [6.07, 6.45) is 0. The van der Waals surface area contributed by atoms with E-state index in [0.717, 1.165) is 4.88 Å². The number of hydrogen-bond acceptors (Lipinski definition) is 4. The number of amides is 1. The molecule has 1 amide bonds. The van der Waals surface area contributed by atoms with Gasteiger partial charge in [0.25, 0.3) is 5.91 Å². The first kappa shape index (κ1) is 15.3. The van der Waals surface area contributed by atoms with Crippen LogP contribution >= 0.6 is 11.3 Å². The zero-order valence-corrected chi connectivity index (χ0v) is 12.8. The summed E-state index contributed by atoms with van der Waals surface area (Å²) in [6, 6.07) is 8.77. The fourth-order valence-electron chi connectivity index (χ4n) is 1.75. The first-order chi connectivity index (χ1) is 10.1. The smallest absolute Gasteiger partial charge is 0.258 e. The van der Waals surface area contributed by atoms with Crippen LogP contribution in [0.2, 0.25) is 0 Å². The molecule has 0 radical (unpaired) electrons. The van der Waals surface area contributed by atoms with E-state index in [1.54, 1.807) is 35.6 Å². The molecule has 0 spiro atoms. The average Bonchev–Trinajstić information content (AvgIpc) is 2.88. The number of aryl methyl sites for hydroxylation is 1. The Morgan fingerprint density at radius 1 is 1.19 bits per heavy atom. The molecule has 0 unspecified atom stereocenters. The summed E-state index contributed by atoms with van der Waals surface area (Å²) >= 11 is 1.62. The van der Waals surface area contributed by atoms with Gasteiger partial charge in [0.15, 0.2) is 12.4 Å². The molecule has 1 heterocycles. The molecule has 0 fully saturated rings. The van der Waals surface area contributed by atoms with Gasteiger partial charge in [-0.25, -0.2) is 0 Å². The summed E-state index contributed by atoms with van der Waals surface area (Å²) in [5, 5.41) is 4.82. The molecular weight excluding hydrogens is 286 g/mol. The number of benzene rings is 1. The molecule has 0 saturated carbocycles. The number of carbonyl (C=O) groups excluding carboxylic acids is 2. The molecule has 0 aliphatic carbocycles. The van der Waals surface area contributed by atoms with E-state index in [1.807, 2.05) is 18.4 Å². The predicted octanol–water partition coefficient (Wildman–Crippen LogP) is 2.95. The Bertz CT molecular complexity index is 631. The highest BCUT2D eigenvalue weighted by Gasteiger charge is 2.06. The van der Waals surface area contributed by atoms with Gasteiger partial charge in [-0.15, -0.1) is 11.3 Å². The van der Waals surface area contributed by atoms with Gasteiger partial charge in [-0.3, -0.25) is 9.59 Å². The van der Waals surface area contributed by atoms with E-state index in [4.69, 9.17) is 4.74 Å². The van der Waals surface area contributed by atoms with Crippen molar-refractivity contribution < 1.29 is 14.3 Å². The quantitative estimate of drug-likeness (QED) is 0.835. The molecule has 0 aliphatic rings. The minimum Gasteiger partial charge on any atom is -0.484 e. The lowest BCUT2D eigenvalue weighted by atomic mass is 10.1. The molecule has 1 N–H and O–H groups in total.